The Morgan fingerprint density at radius 2 is 1.82 bits per heavy atom. The van der Waals surface area contributed by atoms with Gasteiger partial charge in [-0.1, -0.05) is 29.8 Å². The zero-order valence-corrected chi connectivity index (χ0v) is 12.5. The molecule has 3 rings (SSSR count). The monoisotopic (exact) mass is 311 g/mol. The molecular formula is C17H14ClN3O. The molecule has 0 radical (unpaired) electrons. The molecule has 0 unspecified atom stereocenters. The molecule has 2 aromatic carbocycles. The summed E-state index contributed by atoms with van der Waals surface area (Å²) in [7, 11) is 0. The minimum absolute atomic E-state index is 0.139. The maximum Gasteiger partial charge on any atom is 0.253 e. The summed E-state index contributed by atoms with van der Waals surface area (Å²) in [6, 6.07) is 13.0. The number of rotatable bonds is 4. The lowest BCUT2D eigenvalue weighted by atomic mass is 10.1. The van der Waals surface area contributed by atoms with Gasteiger partial charge in [-0.05, 0) is 36.2 Å². The fourth-order valence-electron chi connectivity index (χ4n) is 2.24. The van der Waals surface area contributed by atoms with Crippen LogP contribution >= 0.6 is 11.6 Å². The molecule has 0 aliphatic heterocycles. The highest BCUT2D eigenvalue weighted by molar-refractivity contribution is 6.30. The van der Waals surface area contributed by atoms with Crippen molar-refractivity contribution in [2.45, 2.75) is 6.42 Å². The number of benzene rings is 2. The average molecular weight is 312 g/mol. The molecule has 1 heterocycles. The third-order valence-electron chi connectivity index (χ3n) is 3.36. The van der Waals surface area contributed by atoms with Crippen molar-refractivity contribution < 1.29 is 4.79 Å². The molecule has 0 saturated carbocycles. The van der Waals surface area contributed by atoms with Crippen LogP contribution in [0, 0.1) is 0 Å². The van der Waals surface area contributed by atoms with Crippen molar-refractivity contribution in [3.05, 3.63) is 71.0 Å². The minimum atomic E-state index is -0.139. The number of aromatic nitrogens is 2. The van der Waals surface area contributed by atoms with Crippen LogP contribution in [-0.2, 0) is 6.42 Å². The third kappa shape index (κ3) is 3.23. The highest BCUT2D eigenvalue weighted by Gasteiger charge is 2.10. The molecule has 0 spiro atoms. The minimum Gasteiger partial charge on any atom is -0.352 e. The van der Waals surface area contributed by atoms with Crippen LogP contribution in [0.4, 0.5) is 0 Å². The van der Waals surface area contributed by atoms with Crippen molar-refractivity contribution in [1.29, 1.82) is 0 Å². The summed E-state index contributed by atoms with van der Waals surface area (Å²) < 4.78 is 0. The smallest absolute Gasteiger partial charge is 0.253 e. The lowest BCUT2D eigenvalue weighted by Gasteiger charge is -2.07. The SMILES string of the molecule is O=C(NCCc1ccc(Cl)cc1)c1cccc2nccnc12. The van der Waals surface area contributed by atoms with Crippen molar-refractivity contribution in [3.63, 3.8) is 0 Å². The highest BCUT2D eigenvalue weighted by Crippen LogP contribution is 2.14. The average Bonchev–Trinajstić information content (AvgIpc) is 2.56. The van der Waals surface area contributed by atoms with E-state index in [1.807, 2.05) is 36.4 Å². The largest absolute Gasteiger partial charge is 0.352 e. The quantitative estimate of drug-likeness (QED) is 0.804. The van der Waals surface area contributed by atoms with E-state index in [0.29, 0.717) is 28.2 Å². The van der Waals surface area contributed by atoms with Crippen LogP contribution in [0.5, 0.6) is 0 Å². The Labute approximate surface area is 133 Å². The van der Waals surface area contributed by atoms with Gasteiger partial charge in [-0.2, -0.15) is 0 Å². The summed E-state index contributed by atoms with van der Waals surface area (Å²) in [5.74, 6) is -0.139. The summed E-state index contributed by atoms with van der Waals surface area (Å²) >= 11 is 5.85. The fourth-order valence-corrected chi connectivity index (χ4v) is 2.37. The number of amides is 1. The molecular weight excluding hydrogens is 298 g/mol. The van der Waals surface area contributed by atoms with E-state index in [9.17, 15) is 4.79 Å². The van der Waals surface area contributed by atoms with Crippen LogP contribution in [0.2, 0.25) is 5.02 Å². The van der Waals surface area contributed by atoms with E-state index in [2.05, 4.69) is 15.3 Å². The van der Waals surface area contributed by atoms with Gasteiger partial charge in [-0.15, -0.1) is 0 Å². The number of hydrogen-bond donors (Lipinski definition) is 1. The van der Waals surface area contributed by atoms with Gasteiger partial charge in [-0.25, -0.2) is 0 Å². The molecule has 22 heavy (non-hydrogen) atoms. The second-order valence-corrected chi connectivity index (χ2v) is 5.30. The number of nitrogens with zero attached hydrogens (tertiary/aromatic N) is 2. The number of fused-ring (bicyclic) bond motifs is 1. The topological polar surface area (TPSA) is 54.9 Å². The van der Waals surface area contributed by atoms with Crippen LogP contribution in [0.1, 0.15) is 15.9 Å². The molecule has 0 fully saturated rings. The Bertz CT molecular complexity index is 797. The summed E-state index contributed by atoms with van der Waals surface area (Å²) in [6.45, 7) is 0.553. The van der Waals surface area contributed by atoms with Gasteiger partial charge < -0.3 is 5.32 Å². The van der Waals surface area contributed by atoms with Gasteiger partial charge in [0.05, 0.1) is 11.1 Å². The molecule has 0 aliphatic carbocycles. The number of nitrogens with one attached hydrogen (secondary N) is 1. The molecule has 1 aromatic heterocycles. The van der Waals surface area contributed by atoms with Crippen molar-refractivity contribution in [2.75, 3.05) is 6.54 Å². The standard InChI is InChI=1S/C17H14ClN3O/c18-13-6-4-12(5-7-13)8-9-21-17(22)14-2-1-3-15-16(14)20-11-10-19-15/h1-7,10-11H,8-9H2,(H,21,22). The van der Waals surface area contributed by atoms with Crippen LogP contribution in [0.15, 0.2) is 54.9 Å². The molecule has 0 aliphatic rings. The van der Waals surface area contributed by atoms with Gasteiger partial charge in [0.15, 0.2) is 0 Å². The lowest BCUT2D eigenvalue weighted by molar-refractivity contribution is 0.0955. The van der Waals surface area contributed by atoms with Crippen molar-refractivity contribution in [1.82, 2.24) is 15.3 Å². The normalized spacial score (nSPS) is 10.6. The molecule has 3 aromatic rings. The predicted octanol–water partition coefficient (Wildman–Crippen LogP) is 3.26. The Balaban J connectivity index is 1.67. The van der Waals surface area contributed by atoms with E-state index in [4.69, 9.17) is 11.6 Å². The van der Waals surface area contributed by atoms with Gasteiger partial charge in [0.1, 0.15) is 5.52 Å². The Morgan fingerprint density at radius 3 is 2.64 bits per heavy atom. The van der Waals surface area contributed by atoms with E-state index in [1.165, 1.54) is 0 Å². The van der Waals surface area contributed by atoms with E-state index in [0.717, 1.165) is 12.0 Å². The van der Waals surface area contributed by atoms with E-state index < -0.39 is 0 Å². The molecule has 1 amide bonds. The first-order valence-corrected chi connectivity index (χ1v) is 7.34. The predicted molar refractivity (Wildman–Crippen MR) is 87.0 cm³/mol. The van der Waals surface area contributed by atoms with Crippen LogP contribution in [0.25, 0.3) is 11.0 Å². The molecule has 4 nitrogen and oxygen atoms in total. The van der Waals surface area contributed by atoms with E-state index in [-0.39, 0.29) is 5.91 Å². The summed E-state index contributed by atoms with van der Waals surface area (Å²) in [6.07, 6.45) is 3.96. The van der Waals surface area contributed by atoms with Crippen LogP contribution < -0.4 is 5.32 Å². The van der Waals surface area contributed by atoms with Gasteiger partial charge in [0.2, 0.25) is 0 Å². The number of carbonyl (C=O) groups excluding carboxylic acids is 1. The van der Waals surface area contributed by atoms with Gasteiger partial charge in [0.25, 0.3) is 5.91 Å². The highest BCUT2D eigenvalue weighted by atomic mass is 35.5. The van der Waals surface area contributed by atoms with E-state index >= 15 is 0 Å². The zero-order valence-electron chi connectivity index (χ0n) is 11.8. The first kappa shape index (κ1) is 14.5. The first-order valence-electron chi connectivity index (χ1n) is 6.96. The summed E-state index contributed by atoms with van der Waals surface area (Å²) in [5, 5.41) is 3.62. The van der Waals surface area contributed by atoms with Crippen molar-refractivity contribution in [2.24, 2.45) is 0 Å². The zero-order chi connectivity index (χ0) is 15.4. The maximum absolute atomic E-state index is 12.3. The maximum atomic E-state index is 12.3. The van der Waals surface area contributed by atoms with Gasteiger partial charge in [-0.3, -0.25) is 14.8 Å². The Hall–Kier alpha value is -2.46. The molecule has 0 atom stereocenters. The number of hydrogen-bond acceptors (Lipinski definition) is 3. The summed E-state index contributed by atoms with van der Waals surface area (Å²) in [4.78, 5) is 20.7. The van der Waals surface area contributed by atoms with E-state index in [1.54, 1.807) is 18.5 Å². The van der Waals surface area contributed by atoms with Crippen LogP contribution in [0.3, 0.4) is 0 Å². The molecule has 110 valence electrons. The number of carbonyl (C=O) groups is 1. The fraction of sp³-hybridized carbons (Fsp3) is 0.118. The second-order valence-electron chi connectivity index (χ2n) is 4.86. The molecule has 0 bridgehead atoms. The van der Waals surface area contributed by atoms with Crippen molar-refractivity contribution in [3.8, 4) is 0 Å². The third-order valence-corrected chi connectivity index (χ3v) is 3.61. The molecule has 1 N–H and O–H groups in total. The second kappa shape index (κ2) is 6.54. The first-order chi connectivity index (χ1) is 10.7. The molecule has 0 saturated heterocycles. The van der Waals surface area contributed by atoms with Gasteiger partial charge in [0, 0.05) is 24.0 Å². The Morgan fingerprint density at radius 1 is 1.05 bits per heavy atom. The Kier molecular flexibility index (Phi) is 4.30. The number of halogens is 1. The summed E-state index contributed by atoms with van der Waals surface area (Å²) in [5.41, 5.74) is 3.01. The van der Waals surface area contributed by atoms with Crippen LogP contribution in [-0.4, -0.2) is 22.4 Å². The number of para-hydroxylation sites is 1. The van der Waals surface area contributed by atoms with Gasteiger partial charge >= 0.3 is 0 Å². The van der Waals surface area contributed by atoms with Crippen molar-refractivity contribution >= 4 is 28.5 Å². The molecule has 5 heteroatoms. The lowest BCUT2D eigenvalue weighted by Crippen LogP contribution is -2.26.